The number of aryl methyl sites for hydroxylation is 1. The fourth-order valence-electron chi connectivity index (χ4n) is 2.29. The summed E-state index contributed by atoms with van der Waals surface area (Å²) >= 11 is 0. The zero-order chi connectivity index (χ0) is 12.3. The fourth-order valence-corrected chi connectivity index (χ4v) is 2.29. The topological polar surface area (TPSA) is 52.0 Å². The van der Waals surface area contributed by atoms with Crippen LogP contribution in [0.15, 0.2) is 36.4 Å². The molecule has 17 heavy (non-hydrogen) atoms. The molecule has 2 rings (SSSR count). The molecule has 4 N–H and O–H groups in total. The molecule has 0 aliphatic rings. The summed E-state index contributed by atoms with van der Waals surface area (Å²) in [5.41, 5.74) is 14.3. The summed E-state index contributed by atoms with van der Waals surface area (Å²) in [6.07, 6.45) is 1.92. The molecule has 0 radical (unpaired) electrons. The molecule has 90 valence electrons. The van der Waals surface area contributed by atoms with Gasteiger partial charge in [0.25, 0.3) is 0 Å². The second kappa shape index (κ2) is 5.30. The number of nitrogens with two attached hydrogens (primary N) is 2. The zero-order valence-corrected chi connectivity index (χ0v) is 10.3. The molecule has 2 aromatic rings. The first-order valence-electron chi connectivity index (χ1n) is 6.18. The van der Waals surface area contributed by atoms with Crippen LogP contribution in [-0.2, 0) is 0 Å². The van der Waals surface area contributed by atoms with Crippen molar-refractivity contribution in [2.24, 2.45) is 11.5 Å². The van der Waals surface area contributed by atoms with Gasteiger partial charge in [0.2, 0.25) is 0 Å². The van der Waals surface area contributed by atoms with E-state index in [2.05, 4.69) is 43.3 Å². The summed E-state index contributed by atoms with van der Waals surface area (Å²) in [5, 5.41) is 2.57. The highest BCUT2D eigenvalue weighted by atomic mass is 14.6. The monoisotopic (exact) mass is 228 g/mol. The molecule has 0 aromatic heterocycles. The first-order valence-corrected chi connectivity index (χ1v) is 6.18. The highest BCUT2D eigenvalue weighted by Gasteiger charge is 2.10. The minimum absolute atomic E-state index is 0.0871. The Kier molecular flexibility index (Phi) is 3.77. The van der Waals surface area contributed by atoms with Gasteiger partial charge in [-0.25, -0.2) is 0 Å². The molecule has 2 aromatic carbocycles. The Bertz CT molecular complexity index is 505. The van der Waals surface area contributed by atoms with Gasteiger partial charge in [-0.2, -0.15) is 0 Å². The number of fused-ring (bicyclic) bond motifs is 1. The maximum Gasteiger partial charge on any atom is 0.0301 e. The van der Waals surface area contributed by atoms with Gasteiger partial charge in [0.15, 0.2) is 0 Å². The van der Waals surface area contributed by atoms with Crippen LogP contribution in [0.5, 0.6) is 0 Å². The van der Waals surface area contributed by atoms with Crippen molar-refractivity contribution in [1.29, 1.82) is 0 Å². The SMILES string of the molecule is Cc1ccc([C@@H](N)CCCN)c2ccccc12. The largest absolute Gasteiger partial charge is 0.330 e. The number of benzene rings is 2. The van der Waals surface area contributed by atoms with Crippen LogP contribution >= 0.6 is 0 Å². The van der Waals surface area contributed by atoms with Crippen molar-refractivity contribution in [3.63, 3.8) is 0 Å². The molecule has 0 fully saturated rings. The van der Waals surface area contributed by atoms with Crippen LogP contribution < -0.4 is 11.5 Å². The molecule has 0 aliphatic carbocycles. The summed E-state index contributed by atoms with van der Waals surface area (Å²) in [7, 11) is 0. The Balaban J connectivity index is 2.44. The number of hydrogen-bond donors (Lipinski definition) is 2. The molecule has 0 aliphatic heterocycles. The van der Waals surface area contributed by atoms with E-state index in [1.807, 2.05) is 0 Å². The van der Waals surface area contributed by atoms with Crippen molar-refractivity contribution in [2.75, 3.05) is 6.54 Å². The van der Waals surface area contributed by atoms with Crippen molar-refractivity contribution in [3.8, 4) is 0 Å². The van der Waals surface area contributed by atoms with Crippen LogP contribution in [0.3, 0.4) is 0 Å². The Morgan fingerprint density at radius 1 is 1.06 bits per heavy atom. The summed E-state index contributed by atoms with van der Waals surface area (Å²) in [6, 6.07) is 12.8. The molecule has 0 unspecified atom stereocenters. The first-order chi connectivity index (χ1) is 8.24. The van der Waals surface area contributed by atoms with E-state index < -0.39 is 0 Å². The normalized spacial score (nSPS) is 12.9. The van der Waals surface area contributed by atoms with E-state index in [4.69, 9.17) is 11.5 Å². The third-order valence-corrected chi connectivity index (χ3v) is 3.29. The quantitative estimate of drug-likeness (QED) is 0.845. The molecule has 0 bridgehead atoms. The zero-order valence-electron chi connectivity index (χ0n) is 10.3. The average Bonchev–Trinajstić information content (AvgIpc) is 2.37. The molecule has 0 spiro atoms. The van der Waals surface area contributed by atoms with Crippen LogP contribution in [0.4, 0.5) is 0 Å². The van der Waals surface area contributed by atoms with Crippen LogP contribution in [0.25, 0.3) is 10.8 Å². The molecule has 0 saturated carbocycles. The third-order valence-electron chi connectivity index (χ3n) is 3.29. The van der Waals surface area contributed by atoms with Crippen LogP contribution in [0.2, 0.25) is 0 Å². The van der Waals surface area contributed by atoms with Crippen molar-refractivity contribution in [1.82, 2.24) is 0 Å². The highest BCUT2D eigenvalue weighted by Crippen LogP contribution is 2.27. The minimum atomic E-state index is 0.0871. The standard InChI is InChI=1S/C15H20N2/c1-11-8-9-14(15(17)7-4-10-16)13-6-3-2-5-12(11)13/h2-3,5-6,8-9,15H,4,7,10,16-17H2,1H3/t15-/m0/s1. The summed E-state index contributed by atoms with van der Waals surface area (Å²) in [4.78, 5) is 0. The summed E-state index contributed by atoms with van der Waals surface area (Å²) in [6.45, 7) is 2.84. The van der Waals surface area contributed by atoms with Crippen molar-refractivity contribution < 1.29 is 0 Å². The van der Waals surface area contributed by atoms with Gasteiger partial charge in [0.1, 0.15) is 0 Å². The molecule has 2 nitrogen and oxygen atoms in total. The van der Waals surface area contributed by atoms with E-state index in [9.17, 15) is 0 Å². The fraction of sp³-hybridized carbons (Fsp3) is 0.333. The lowest BCUT2D eigenvalue weighted by Gasteiger charge is -2.15. The lowest BCUT2D eigenvalue weighted by molar-refractivity contribution is 0.621. The number of hydrogen-bond acceptors (Lipinski definition) is 2. The lowest BCUT2D eigenvalue weighted by Crippen LogP contribution is -2.13. The molecule has 0 heterocycles. The van der Waals surface area contributed by atoms with E-state index in [1.54, 1.807) is 0 Å². The van der Waals surface area contributed by atoms with Gasteiger partial charge in [-0.15, -0.1) is 0 Å². The second-order valence-electron chi connectivity index (χ2n) is 4.55. The molecular formula is C15H20N2. The average molecular weight is 228 g/mol. The Morgan fingerprint density at radius 2 is 1.76 bits per heavy atom. The predicted octanol–water partition coefficient (Wildman–Crippen LogP) is 2.89. The Morgan fingerprint density at radius 3 is 2.47 bits per heavy atom. The van der Waals surface area contributed by atoms with Crippen molar-refractivity contribution in [3.05, 3.63) is 47.5 Å². The van der Waals surface area contributed by atoms with Gasteiger partial charge >= 0.3 is 0 Å². The van der Waals surface area contributed by atoms with Gasteiger partial charge < -0.3 is 11.5 Å². The lowest BCUT2D eigenvalue weighted by atomic mass is 9.94. The number of rotatable bonds is 4. The van der Waals surface area contributed by atoms with Gasteiger partial charge in [-0.05, 0) is 48.2 Å². The maximum absolute atomic E-state index is 6.24. The van der Waals surface area contributed by atoms with Gasteiger partial charge in [-0.3, -0.25) is 0 Å². The second-order valence-corrected chi connectivity index (χ2v) is 4.55. The molecule has 2 heteroatoms. The molecule has 1 atom stereocenters. The smallest absolute Gasteiger partial charge is 0.0301 e. The molecule has 0 amide bonds. The maximum atomic E-state index is 6.24. The first kappa shape index (κ1) is 12.1. The van der Waals surface area contributed by atoms with Crippen LogP contribution in [0.1, 0.15) is 30.0 Å². The van der Waals surface area contributed by atoms with E-state index in [1.165, 1.54) is 21.9 Å². The van der Waals surface area contributed by atoms with Gasteiger partial charge in [0.05, 0.1) is 0 Å². The van der Waals surface area contributed by atoms with Crippen molar-refractivity contribution >= 4 is 10.8 Å². The Hall–Kier alpha value is -1.38. The predicted molar refractivity (Wildman–Crippen MR) is 73.9 cm³/mol. The van der Waals surface area contributed by atoms with Gasteiger partial charge in [0, 0.05) is 6.04 Å². The van der Waals surface area contributed by atoms with E-state index >= 15 is 0 Å². The summed E-state index contributed by atoms with van der Waals surface area (Å²) < 4.78 is 0. The van der Waals surface area contributed by atoms with Gasteiger partial charge in [-0.1, -0.05) is 36.4 Å². The molecular weight excluding hydrogens is 208 g/mol. The van der Waals surface area contributed by atoms with Crippen LogP contribution in [-0.4, -0.2) is 6.54 Å². The van der Waals surface area contributed by atoms with Crippen molar-refractivity contribution in [2.45, 2.75) is 25.8 Å². The van der Waals surface area contributed by atoms with Crippen LogP contribution in [0, 0.1) is 6.92 Å². The highest BCUT2D eigenvalue weighted by molar-refractivity contribution is 5.88. The van der Waals surface area contributed by atoms with E-state index in [-0.39, 0.29) is 6.04 Å². The van der Waals surface area contributed by atoms with E-state index in [0.29, 0.717) is 6.54 Å². The third kappa shape index (κ3) is 2.48. The molecule has 0 saturated heterocycles. The summed E-state index contributed by atoms with van der Waals surface area (Å²) in [5.74, 6) is 0. The van der Waals surface area contributed by atoms with E-state index in [0.717, 1.165) is 12.8 Å². The minimum Gasteiger partial charge on any atom is -0.330 e. The Labute approximate surface area is 103 Å².